The average Bonchev–Trinajstić information content (AvgIpc) is 2.41. The van der Waals surface area contributed by atoms with Crippen molar-refractivity contribution >= 4 is 33.2 Å². The molecule has 0 aromatic carbocycles. The lowest BCUT2D eigenvalue weighted by atomic mass is 9.93. The molecule has 8 heteroatoms. The molecule has 1 fully saturated rings. The number of piperidine rings is 1. The Bertz CT molecular complexity index is 594. The monoisotopic (exact) mass is 338 g/mol. The number of aliphatic hydroxyl groups excluding tert-OH is 1. The first-order valence-corrected chi connectivity index (χ1v) is 8.51. The molecule has 2 heterocycles. The van der Waals surface area contributed by atoms with E-state index in [1.54, 1.807) is 0 Å². The molecule has 0 saturated carbocycles. The number of sulfonamides is 1. The molecular weight excluding hydrogens is 323 g/mol. The Balaban J connectivity index is 2.40. The minimum atomic E-state index is -3.73. The zero-order chi connectivity index (χ0) is 14.9. The molecule has 2 atom stereocenters. The Labute approximate surface area is 128 Å². The molecular formula is C12H16Cl2N2O3S. The molecule has 0 spiro atoms. The van der Waals surface area contributed by atoms with E-state index in [9.17, 15) is 13.5 Å². The number of hydrogen-bond acceptors (Lipinski definition) is 4. The molecule has 0 bridgehead atoms. The molecule has 2 rings (SSSR count). The summed E-state index contributed by atoms with van der Waals surface area (Å²) >= 11 is 11.5. The van der Waals surface area contributed by atoms with Gasteiger partial charge < -0.3 is 5.11 Å². The summed E-state index contributed by atoms with van der Waals surface area (Å²) in [5, 5.41) is 9.63. The third-order valence-corrected chi connectivity index (χ3v) is 6.21. The number of hydrogen-bond donors (Lipinski definition) is 1. The Kier molecular flexibility index (Phi) is 4.92. The Morgan fingerprint density at radius 3 is 2.80 bits per heavy atom. The predicted molar refractivity (Wildman–Crippen MR) is 77.4 cm³/mol. The fourth-order valence-corrected chi connectivity index (χ4v) is 4.52. The van der Waals surface area contributed by atoms with Crippen molar-refractivity contribution in [2.75, 3.05) is 13.2 Å². The maximum Gasteiger partial charge on any atom is 0.245 e. The quantitative estimate of drug-likeness (QED) is 0.857. The first kappa shape index (κ1) is 16.0. The molecule has 0 radical (unpaired) electrons. The van der Waals surface area contributed by atoms with Gasteiger partial charge >= 0.3 is 0 Å². The van der Waals surface area contributed by atoms with Gasteiger partial charge in [0, 0.05) is 12.7 Å². The number of pyridine rings is 1. The van der Waals surface area contributed by atoms with Crippen molar-refractivity contribution in [3.8, 4) is 0 Å². The van der Waals surface area contributed by atoms with E-state index in [-0.39, 0.29) is 27.6 Å². The summed E-state index contributed by atoms with van der Waals surface area (Å²) in [6.07, 6.45) is 2.86. The van der Waals surface area contributed by atoms with Crippen LogP contribution in [0.5, 0.6) is 0 Å². The van der Waals surface area contributed by atoms with E-state index in [2.05, 4.69) is 4.98 Å². The molecule has 5 nitrogen and oxygen atoms in total. The molecule has 1 N–H and O–H groups in total. The normalized spacial score (nSPS) is 24.8. The Morgan fingerprint density at radius 2 is 2.20 bits per heavy atom. The van der Waals surface area contributed by atoms with Crippen LogP contribution >= 0.6 is 23.2 Å². The first-order valence-electron chi connectivity index (χ1n) is 6.31. The lowest BCUT2D eigenvalue weighted by Gasteiger charge is -2.37. The van der Waals surface area contributed by atoms with E-state index < -0.39 is 16.1 Å². The molecule has 20 heavy (non-hydrogen) atoms. The van der Waals surface area contributed by atoms with Crippen LogP contribution in [-0.2, 0) is 10.0 Å². The van der Waals surface area contributed by atoms with E-state index in [0.29, 0.717) is 6.54 Å². The first-order chi connectivity index (χ1) is 9.37. The Morgan fingerprint density at radius 1 is 1.50 bits per heavy atom. The van der Waals surface area contributed by atoms with Gasteiger partial charge in [-0.3, -0.25) is 0 Å². The van der Waals surface area contributed by atoms with Crippen LogP contribution in [0.15, 0.2) is 17.2 Å². The number of aliphatic hydroxyl groups is 1. The van der Waals surface area contributed by atoms with Gasteiger partial charge in [-0.15, -0.1) is 0 Å². The van der Waals surface area contributed by atoms with Gasteiger partial charge in [0.2, 0.25) is 10.0 Å². The minimum Gasteiger partial charge on any atom is -0.395 e. The van der Waals surface area contributed by atoms with E-state index in [1.165, 1.54) is 16.6 Å². The molecule has 2 unspecified atom stereocenters. The second kappa shape index (κ2) is 6.15. The van der Waals surface area contributed by atoms with Crippen LogP contribution in [0, 0.1) is 5.92 Å². The summed E-state index contributed by atoms with van der Waals surface area (Å²) in [7, 11) is -3.73. The minimum absolute atomic E-state index is 0.000509. The molecule has 1 aromatic rings. The number of halogens is 2. The number of rotatable bonds is 3. The van der Waals surface area contributed by atoms with Crippen LogP contribution in [0.25, 0.3) is 0 Å². The molecule has 1 aliphatic rings. The van der Waals surface area contributed by atoms with Crippen molar-refractivity contribution in [1.82, 2.24) is 9.29 Å². The highest BCUT2D eigenvalue weighted by atomic mass is 35.5. The van der Waals surface area contributed by atoms with Crippen LogP contribution < -0.4 is 0 Å². The van der Waals surface area contributed by atoms with Crippen molar-refractivity contribution in [2.45, 2.75) is 30.7 Å². The van der Waals surface area contributed by atoms with Crippen LogP contribution in [0.2, 0.25) is 10.2 Å². The second-order valence-electron chi connectivity index (χ2n) is 4.93. The maximum absolute atomic E-state index is 12.6. The van der Waals surface area contributed by atoms with E-state index in [4.69, 9.17) is 23.2 Å². The zero-order valence-corrected chi connectivity index (χ0v) is 13.3. The molecule has 1 aliphatic heterocycles. The largest absolute Gasteiger partial charge is 0.395 e. The topological polar surface area (TPSA) is 70.5 Å². The molecule has 1 aromatic heterocycles. The highest BCUT2D eigenvalue weighted by molar-refractivity contribution is 7.89. The lowest BCUT2D eigenvalue weighted by Crippen LogP contribution is -2.49. The highest BCUT2D eigenvalue weighted by Gasteiger charge is 2.37. The van der Waals surface area contributed by atoms with Gasteiger partial charge in [0.05, 0.1) is 17.7 Å². The van der Waals surface area contributed by atoms with Crippen LogP contribution in [0.4, 0.5) is 0 Å². The third kappa shape index (κ3) is 2.94. The van der Waals surface area contributed by atoms with E-state index >= 15 is 0 Å². The van der Waals surface area contributed by atoms with Gasteiger partial charge in [-0.05, 0) is 24.8 Å². The van der Waals surface area contributed by atoms with Gasteiger partial charge in [0.15, 0.2) is 0 Å². The zero-order valence-electron chi connectivity index (χ0n) is 11.0. The van der Waals surface area contributed by atoms with Gasteiger partial charge in [0.25, 0.3) is 0 Å². The summed E-state index contributed by atoms with van der Waals surface area (Å²) in [5.41, 5.74) is 0. The summed E-state index contributed by atoms with van der Waals surface area (Å²) in [6, 6.07) is 0.878. The van der Waals surface area contributed by atoms with Gasteiger partial charge in [-0.1, -0.05) is 30.1 Å². The van der Waals surface area contributed by atoms with Crippen LogP contribution in [-0.4, -0.2) is 42.0 Å². The van der Waals surface area contributed by atoms with Crippen LogP contribution in [0.1, 0.15) is 19.8 Å². The van der Waals surface area contributed by atoms with Gasteiger partial charge in [-0.25, -0.2) is 13.4 Å². The fraction of sp³-hybridized carbons (Fsp3) is 0.583. The summed E-state index contributed by atoms with van der Waals surface area (Å²) in [6.45, 7) is 2.13. The predicted octanol–water partition coefficient (Wildman–Crippen LogP) is 2.17. The number of aromatic nitrogens is 1. The van der Waals surface area contributed by atoms with Gasteiger partial charge in [-0.2, -0.15) is 4.31 Å². The molecule has 1 saturated heterocycles. The SMILES string of the molecule is CC1CCCN(S(=O)(=O)c2cnc(Cl)c(Cl)c2)C1CO. The second-order valence-corrected chi connectivity index (χ2v) is 7.58. The van der Waals surface area contributed by atoms with Crippen molar-refractivity contribution in [3.05, 3.63) is 22.4 Å². The molecule has 0 aliphatic carbocycles. The van der Waals surface area contributed by atoms with Crippen molar-refractivity contribution < 1.29 is 13.5 Å². The fourth-order valence-electron chi connectivity index (χ4n) is 2.46. The molecule has 112 valence electrons. The smallest absolute Gasteiger partial charge is 0.245 e. The van der Waals surface area contributed by atoms with Gasteiger partial charge in [0.1, 0.15) is 10.0 Å². The third-order valence-electron chi connectivity index (χ3n) is 3.63. The van der Waals surface area contributed by atoms with E-state index in [1.807, 2.05) is 6.92 Å². The van der Waals surface area contributed by atoms with Crippen molar-refractivity contribution in [3.63, 3.8) is 0 Å². The molecule has 0 amide bonds. The summed E-state index contributed by atoms with van der Waals surface area (Å²) in [5.74, 6) is 0.110. The standard InChI is InChI=1S/C12H16Cl2N2O3S/c1-8-3-2-4-16(11(8)7-17)20(18,19)9-5-10(13)12(14)15-6-9/h5-6,8,11,17H,2-4,7H2,1H3. The van der Waals surface area contributed by atoms with Crippen LogP contribution in [0.3, 0.4) is 0 Å². The maximum atomic E-state index is 12.6. The highest BCUT2D eigenvalue weighted by Crippen LogP contribution is 2.30. The van der Waals surface area contributed by atoms with Crippen molar-refractivity contribution in [2.24, 2.45) is 5.92 Å². The average molecular weight is 339 g/mol. The Hall–Kier alpha value is -0.400. The number of nitrogens with zero attached hydrogens (tertiary/aromatic N) is 2. The lowest BCUT2D eigenvalue weighted by molar-refractivity contribution is 0.113. The van der Waals surface area contributed by atoms with Crippen molar-refractivity contribution in [1.29, 1.82) is 0 Å². The summed E-state index contributed by atoms with van der Waals surface area (Å²) < 4.78 is 26.6. The van der Waals surface area contributed by atoms with E-state index in [0.717, 1.165) is 12.8 Å². The summed E-state index contributed by atoms with van der Waals surface area (Å²) in [4.78, 5) is 3.77.